The van der Waals surface area contributed by atoms with E-state index in [0.717, 1.165) is 31.0 Å². The van der Waals surface area contributed by atoms with Crippen LogP contribution in [0.2, 0.25) is 0 Å². The van der Waals surface area contributed by atoms with Crippen molar-refractivity contribution in [2.24, 2.45) is 0 Å². The summed E-state index contributed by atoms with van der Waals surface area (Å²) < 4.78 is 82.7. The molecule has 34 heavy (non-hydrogen) atoms. The molecule has 0 saturated heterocycles. The number of hydrogen-bond donors (Lipinski definition) is 0. The van der Waals surface area contributed by atoms with Crippen molar-refractivity contribution in [3.8, 4) is 11.5 Å². The van der Waals surface area contributed by atoms with Crippen LogP contribution in [0.5, 0.6) is 11.5 Å². The van der Waals surface area contributed by atoms with E-state index in [-0.39, 0.29) is 12.0 Å². The first kappa shape index (κ1) is 25.4. The van der Waals surface area contributed by atoms with Crippen molar-refractivity contribution in [3.05, 3.63) is 56.0 Å². The molecule has 2 aromatic carbocycles. The summed E-state index contributed by atoms with van der Waals surface area (Å²) in [6, 6.07) is 7.92. The van der Waals surface area contributed by atoms with Crippen LogP contribution in [0.15, 0.2) is 30.3 Å². The lowest BCUT2D eigenvalue weighted by atomic mass is 9.82. The van der Waals surface area contributed by atoms with E-state index in [2.05, 4.69) is 33.4 Å². The first-order chi connectivity index (χ1) is 16.1. The second-order valence-electron chi connectivity index (χ2n) is 8.08. The van der Waals surface area contributed by atoms with Gasteiger partial charge in [-0.1, -0.05) is 0 Å². The van der Waals surface area contributed by atoms with Crippen LogP contribution >= 0.6 is 33.9 Å². The second-order valence-corrected chi connectivity index (χ2v) is 10.3. The molecule has 3 nitrogen and oxygen atoms in total. The number of ether oxygens (including phenoxy) is 3. The van der Waals surface area contributed by atoms with E-state index in [1.54, 1.807) is 11.3 Å². The van der Waals surface area contributed by atoms with Crippen molar-refractivity contribution in [2.45, 2.75) is 57.6 Å². The van der Waals surface area contributed by atoms with Crippen LogP contribution in [0.3, 0.4) is 0 Å². The molecule has 0 atom stereocenters. The van der Waals surface area contributed by atoms with Crippen molar-refractivity contribution in [3.63, 3.8) is 0 Å². The van der Waals surface area contributed by atoms with E-state index in [0.29, 0.717) is 44.5 Å². The first-order valence-corrected chi connectivity index (χ1v) is 12.7. The average molecular weight is 612 g/mol. The molecule has 4 rings (SSSR count). The van der Waals surface area contributed by atoms with Gasteiger partial charge in [-0.05, 0) is 97.0 Å². The molecule has 0 aliphatic heterocycles. The molecule has 1 fully saturated rings. The molecule has 0 N–H and O–H groups in total. The van der Waals surface area contributed by atoms with Crippen molar-refractivity contribution >= 4 is 44.0 Å². The van der Waals surface area contributed by atoms with Gasteiger partial charge in [0.2, 0.25) is 5.75 Å². The van der Waals surface area contributed by atoms with Crippen LogP contribution in [-0.4, -0.2) is 19.1 Å². The highest BCUT2D eigenvalue weighted by Gasteiger charge is 2.34. The summed E-state index contributed by atoms with van der Waals surface area (Å²) in [6.07, 6.45) is -2.49. The lowest BCUT2D eigenvalue weighted by Crippen LogP contribution is -2.21. The summed E-state index contributed by atoms with van der Waals surface area (Å²) >= 11 is 4.00. The normalized spacial score (nSPS) is 18.9. The Kier molecular flexibility index (Phi) is 7.88. The molecule has 184 valence electrons. The minimum atomic E-state index is -5.16. The number of alkyl halides is 3. The van der Waals surface area contributed by atoms with E-state index in [9.17, 15) is 22.0 Å². The van der Waals surface area contributed by atoms with Crippen molar-refractivity contribution in [1.82, 2.24) is 0 Å². The highest BCUT2D eigenvalue weighted by atomic mass is 127. The van der Waals surface area contributed by atoms with Gasteiger partial charge < -0.3 is 14.2 Å². The van der Waals surface area contributed by atoms with Gasteiger partial charge in [0.05, 0.1) is 19.3 Å². The minimum absolute atomic E-state index is 0.0128. The molecule has 1 aliphatic carbocycles. The van der Waals surface area contributed by atoms with Gasteiger partial charge in [-0.3, -0.25) is 0 Å². The molecule has 1 heterocycles. The van der Waals surface area contributed by atoms with Gasteiger partial charge in [-0.15, -0.1) is 24.5 Å². The van der Waals surface area contributed by atoms with E-state index >= 15 is 0 Å². The summed E-state index contributed by atoms with van der Waals surface area (Å²) in [4.78, 5) is 1.13. The molecular weight excluding hydrogens is 590 g/mol. The van der Waals surface area contributed by atoms with Gasteiger partial charge in [0.25, 0.3) is 0 Å². The molecule has 1 saturated carbocycles. The molecule has 0 radical (unpaired) electrons. The van der Waals surface area contributed by atoms with Crippen LogP contribution in [0.25, 0.3) is 10.1 Å². The third kappa shape index (κ3) is 5.93. The maximum absolute atomic E-state index is 14.1. The maximum Gasteiger partial charge on any atom is 0.573 e. The molecule has 10 heteroatoms. The Labute approximate surface area is 211 Å². The number of halogens is 6. The Balaban J connectivity index is 1.35. The lowest BCUT2D eigenvalue weighted by molar-refractivity contribution is -0.276. The Hall–Kier alpha value is -1.66. The summed E-state index contributed by atoms with van der Waals surface area (Å²) in [5.41, 5.74) is 0.340. The fourth-order valence-electron chi connectivity index (χ4n) is 4.23. The maximum atomic E-state index is 14.1. The molecule has 1 aliphatic rings. The summed E-state index contributed by atoms with van der Waals surface area (Å²) in [6.45, 7) is 3.03. The molecule has 0 unspecified atom stereocenters. The van der Waals surface area contributed by atoms with E-state index in [1.807, 2.05) is 19.1 Å². The first-order valence-electron chi connectivity index (χ1n) is 10.8. The third-order valence-corrected chi connectivity index (χ3v) is 8.54. The number of thiophene rings is 1. The minimum Gasteiger partial charge on any atom is -0.494 e. The number of fused-ring (bicyclic) bond motifs is 1. The number of benzene rings is 2. The van der Waals surface area contributed by atoms with Gasteiger partial charge >= 0.3 is 6.36 Å². The zero-order chi connectivity index (χ0) is 24.5. The molecule has 0 spiro atoms. The Bertz CT molecular complexity index is 1130. The zero-order valence-electron chi connectivity index (χ0n) is 18.2. The van der Waals surface area contributed by atoms with Crippen molar-refractivity contribution < 1.29 is 36.2 Å². The fourth-order valence-corrected chi connectivity index (χ4v) is 6.42. The van der Waals surface area contributed by atoms with Gasteiger partial charge in [0.15, 0.2) is 11.6 Å². The lowest BCUT2D eigenvalue weighted by Gasteiger charge is -2.29. The standard InChI is InChI=1S/C24H22F5IO3S/c1-2-31-16-7-8-17-20(11-16)34-21(22(17)30)12-32-15-5-3-13(4-6-15)14-9-18(25)23(19(26)10-14)33-24(27,28)29/h7-11,13,15H,2-6,12H2,1H3. The topological polar surface area (TPSA) is 27.7 Å². The van der Waals surface area contributed by atoms with Crippen LogP contribution in [0.4, 0.5) is 22.0 Å². The second kappa shape index (κ2) is 10.5. The SMILES string of the molecule is CCOc1ccc2c(I)c(COC3CCC(c4cc(F)c(OC(F)(F)F)c(F)c4)CC3)sc2c1. The number of rotatable bonds is 7. The largest absolute Gasteiger partial charge is 0.573 e. The Morgan fingerprint density at radius 1 is 1.03 bits per heavy atom. The quantitative estimate of drug-likeness (QED) is 0.199. The third-order valence-electron chi connectivity index (χ3n) is 5.81. The van der Waals surface area contributed by atoms with Crippen LogP contribution < -0.4 is 9.47 Å². The average Bonchev–Trinajstić information content (AvgIpc) is 3.09. The molecular formula is C24H22F5IO3S. The summed E-state index contributed by atoms with van der Waals surface area (Å²) in [5, 5.41) is 1.17. The van der Waals surface area contributed by atoms with Crippen molar-refractivity contribution in [1.29, 1.82) is 0 Å². The Morgan fingerprint density at radius 2 is 1.71 bits per heavy atom. The van der Waals surface area contributed by atoms with Gasteiger partial charge in [-0.25, -0.2) is 8.78 Å². The summed E-state index contributed by atoms with van der Waals surface area (Å²) in [5.74, 6) is -3.43. The van der Waals surface area contributed by atoms with Gasteiger partial charge in [0, 0.05) is 18.5 Å². The summed E-state index contributed by atoms with van der Waals surface area (Å²) in [7, 11) is 0. The van der Waals surface area contributed by atoms with Crippen LogP contribution in [0, 0.1) is 15.2 Å². The van der Waals surface area contributed by atoms with E-state index < -0.39 is 23.7 Å². The Morgan fingerprint density at radius 3 is 2.32 bits per heavy atom. The van der Waals surface area contributed by atoms with Gasteiger partial charge in [0.1, 0.15) is 5.75 Å². The molecule has 0 amide bonds. The molecule has 1 aromatic heterocycles. The van der Waals surface area contributed by atoms with Gasteiger partial charge in [-0.2, -0.15) is 0 Å². The highest BCUT2D eigenvalue weighted by Crippen LogP contribution is 2.39. The fraction of sp³-hybridized carbons (Fsp3) is 0.417. The van der Waals surface area contributed by atoms with Crippen LogP contribution in [-0.2, 0) is 11.3 Å². The molecule has 0 bridgehead atoms. The predicted molar refractivity (Wildman–Crippen MR) is 129 cm³/mol. The number of hydrogen-bond acceptors (Lipinski definition) is 4. The van der Waals surface area contributed by atoms with E-state index in [4.69, 9.17) is 9.47 Å². The molecule has 3 aromatic rings. The predicted octanol–water partition coefficient (Wildman–Crippen LogP) is 8.32. The van der Waals surface area contributed by atoms with Crippen LogP contribution in [0.1, 0.15) is 49.0 Å². The van der Waals surface area contributed by atoms with E-state index in [1.165, 1.54) is 5.39 Å². The van der Waals surface area contributed by atoms with Crippen molar-refractivity contribution in [2.75, 3.05) is 6.61 Å². The zero-order valence-corrected chi connectivity index (χ0v) is 21.2. The highest BCUT2D eigenvalue weighted by molar-refractivity contribution is 14.1. The monoisotopic (exact) mass is 612 g/mol. The smallest absolute Gasteiger partial charge is 0.494 e.